The molecule has 0 spiro atoms. The van der Waals surface area contributed by atoms with Crippen LogP contribution in [0.2, 0.25) is 0 Å². The summed E-state index contributed by atoms with van der Waals surface area (Å²) in [5, 5.41) is 0. The lowest BCUT2D eigenvalue weighted by Gasteiger charge is -2.18. The number of esters is 3. The van der Waals surface area contributed by atoms with Gasteiger partial charge < -0.3 is 14.2 Å². The van der Waals surface area contributed by atoms with Crippen LogP contribution in [-0.2, 0) is 28.6 Å². The summed E-state index contributed by atoms with van der Waals surface area (Å²) in [5.74, 6) is -1.03. The highest BCUT2D eigenvalue weighted by atomic mass is 16.6. The lowest BCUT2D eigenvalue weighted by molar-refractivity contribution is -0.166. The van der Waals surface area contributed by atoms with Gasteiger partial charge in [0.25, 0.3) is 0 Å². The SMILES string of the molecule is CC/C=C\C/C=C\C/C=C\C/C=C\C/C=C\CC(=O)OCC(COC(=O)CCCCCCCCCCCCCCCCCCCCCCCCC)OC(=O)CCCCCCCCC/C=C\CCCCCCCC. The van der Waals surface area contributed by atoms with Crippen molar-refractivity contribution in [1.29, 1.82) is 0 Å². The standard InChI is InChI=1S/C67H118O6/c1-4-7-10-13-16-19-22-25-28-30-31-32-33-34-35-37-39-42-45-48-51-54-57-60-66(69)72-63-64(62-71-65(68)59-56-53-50-47-44-41-38-27-24-21-18-15-12-9-6-3)73-67(70)61-58-55-52-49-46-43-40-36-29-26-23-20-17-14-11-8-5-2/h9,12,18,21,26-27,29,38,44,47,53,56,64H,4-8,10-11,13-17,19-20,22-25,28,30-37,39-43,45-46,48-52,54-55,57-63H2,1-3H3/b12-9-,21-18-,29-26-,38-27-,47-44-,56-53-. The van der Waals surface area contributed by atoms with E-state index in [1.54, 1.807) is 6.08 Å². The number of carbonyl (C=O) groups excluding carboxylic acids is 3. The number of rotatable bonds is 57. The van der Waals surface area contributed by atoms with Crippen LogP contribution in [-0.4, -0.2) is 37.2 Å². The zero-order chi connectivity index (χ0) is 52.9. The largest absolute Gasteiger partial charge is 0.462 e. The maximum Gasteiger partial charge on any atom is 0.309 e. The molecule has 422 valence electrons. The van der Waals surface area contributed by atoms with Crippen LogP contribution in [0.1, 0.15) is 316 Å². The van der Waals surface area contributed by atoms with E-state index in [2.05, 4.69) is 81.5 Å². The van der Waals surface area contributed by atoms with Crippen molar-refractivity contribution in [1.82, 2.24) is 0 Å². The van der Waals surface area contributed by atoms with E-state index in [-0.39, 0.29) is 31.6 Å². The summed E-state index contributed by atoms with van der Waals surface area (Å²) in [6.07, 6.45) is 79.4. The van der Waals surface area contributed by atoms with Crippen LogP contribution in [0.15, 0.2) is 72.9 Å². The van der Waals surface area contributed by atoms with E-state index in [0.717, 1.165) is 70.6 Å². The van der Waals surface area contributed by atoms with Crippen molar-refractivity contribution in [3.05, 3.63) is 72.9 Å². The lowest BCUT2D eigenvalue weighted by atomic mass is 10.0. The Labute approximate surface area is 453 Å². The molecule has 0 saturated carbocycles. The van der Waals surface area contributed by atoms with Crippen molar-refractivity contribution >= 4 is 17.9 Å². The minimum absolute atomic E-state index is 0.104. The summed E-state index contributed by atoms with van der Waals surface area (Å²) < 4.78 is 16.8. The Morgan fingerprint density at radius 3 is 0.945 bits per heavy atom. The first-order valence-electron chi connectivity index (χ1n) is 31.4. The number of allylic oxidation sites excluding steroid dienone is 11. The molecule has 0 radical (unpaired) electrons. The van der Waals surface area contributed by atoms with Gasteiger partial charge in [-0.3, -0.25) is 14.4 Å². The highest BCUT2D eigenvalue weighted by Gasteiger charge is 2.19. The molecule has 0 bridgehead atoms. The summed E-state index contributed by atoms with van der Waals surface area (Å²) in [6, 6.07) is 0. The predicted octanol–water partition coefficient (Wildman–Crippen LogP) is 21.3. The third-order valence-electron chi connectivity index (χ3n) is 13.7. The molecule has 0 aliphatic heterocycles. The second kappa shape index (κ2) is 61.4. The van der Waals surface area contributed by atoms with Gasteiger partial charge in [0, 0.05) is 12.8 Å². The Bertz CT molecular complexity index is 1360. The van der Waals surface area contributed by atoms with Crippen molar-refractivity contribution in [2.45, 2.75) is 322 Å². The van der Waals surface area contributed by atoms with E-state index >= 15 is 0 Å². The highest BCUT2D eigenvalue weighted by Crippen LogP contribution is 2.17. The number of unbranched alkanes of at least 4 members (excludes halogenated alkanes) is 35. The van der Waals surface area contributed by atoms with Gasteiger partial charge in [-0.25, -0.2) is 0 Å². The zero-order valence-corrected chi connectivity index (χ0v) is 48.4. The Morgan fingerprint density at radius 2 is 0.589 bits per heavy atom. The van der Waals surface area contributed by atoms with Crippen LogP contribution in [0.3, 0.4) is 0 Å². The van der Waals surface area contributed by atoms with Gasteiger partial charge in [-0.1, -0.05) is 299 Å². The quantitative estimate of drug-likeness (QED) is 0.0261. The van der Waals surface area contributed by atoms with E-state index in [4.69, 9.17) is 14.2 Å². The Kier molecular flexibility index (Phi) is 58.7. The second-order valence-electron chi connectivity index (χ2n) is 21.0. The first kappa shape index (κ1) is 69.8. The first-order valence-corrected chi connectivity index (χ1v) is 31.4. The summed E-state index contributed by atoms with van der Waals surface area (Å²) in [6.45, 7) is 6.47. The Morgan fingerprint density at radius 1 is 0.301 bits per heavy atom. The fourth-order valence-electron chi connectivity index (χ4n) is 9.04. The van der Waals surface area contributed by atoms with Gasteiger partial charge in [0.1, 0.15) is 13.2 Å². The fraction of sp³-hybridized carbons (Fsp3) is 0.776. The van der Waals surface area contributed by atoms with Crippen molar-refractivity contribution in [3.63, 3.8) is 0 Å². The van der Waals surface area contributed by atoms with E-state index in [1.807, 2.05) is 6.08 Å². The van der Waals surface area contributed by atoms with Gasteiger partial charge >= 0.3 is 17.9 Å². The molecule has 0 aliphatic rings. The van der Waals surface area contributed by atoms with Crippen LogP contribution in [0.25, 0.3) is 0 Å². The van der Waals surface area contributed by atoms with E-state index in [0.29, 0.717) is 12.8 Å². The normalized spacial score (nSPS) is 12.5. The van der Waals surface area contributed by atoms with Gasteiger partial charge in [0.05, 0.1) is 6.42 Å². The van der Waals surface area contributed by atoms with Gasteiger partial charge in [-0.05, 0) is 70.6 Å². The molecule has 0 rings (SSSR count). The Hall–Kier alpha value is -3.15. The lowest BCUT2D eigenvalue weighted by Crippen LogP contribution is -2.30. The molecule has 0 fully saturated rings. The minimum Gasteiger partial charge on any atom is -0.462 e. The molecule has 0 aromatic heterocycles. The summed E-state index contributed by atoms with van der Waals surface area (Å²) in [7, 11) is 0. The molecule has 0 aromatic rings. The maximum absolute atomic E-state index is 12.9. The van der Waals surface area contributed by atoms with Gasteiger partial charge in [0.15, 0.2) is 6.10 Å². The van der Waals surface area contributed by atoms with E-state index in [1.165, 1.54) is 205 Å². The number of hydrogen-bond acceptors (Lipinski definition) is 6. The maximum atomic E-state index is 12.9. The molecule has 73 heavy (non-hydrogen) atoms. The third kappa shape index (κ3) is 59.6. The molecule has 0 heterocycles. The molecular formula is C67H118O6. The van der Waals surface area contributed by atoms with Gasteiger partial charge in [0.2, 0.25) is 0 Å². The van der Waals surface area contributed by atoms with Crippen molar-refractivity contribution in [2.75, 3.05) is 13.2 Å². The van der Waals surface area contributed by atoms with Crippen LogP contribution in [0, 0.1) is 0 Å². The summed E-state index contributed by atoms with van der Waals surface area (Å²) in [5.41, 5.74) is 0. The number of hydrogen-bond donors (Lipinski definition) is 0. The van der Waals surface area contributed by atoms with Crippen molar-refractivity contribution < 1.29 is 28.6 Å². The highest BCUT2D eigenvalue weighted by molar-refractivity contribution is 5.72. The van der Waals surface area contributed by atoms with Crippen LogP contribution in [0.5, 0.6) is 0 Å². The molecule has 6 nitrogen and oxygen atoms in total. The van der Waals surface area contributed by atoms with Crippen LogP contribution < -0.4 is 0 Å². The average molecular weight is 1020 g/mol. The molecular weight excluding hydrogens is 901 g/mol. The molecule has 0 aromatic carbocycles. The molecule has 0 amide bonds. The number of ether oxygens (including phenoxy) is 3. The van der Waals surface area contributed by atoms with Crippen molar-refractivity contribution in [2.24, 2.45) is 0 Å². The zero-order valence-electron chi connectivity index (χ0n) is 48.4. The molecule has 1 unspecified atom stereocenters. The van der Waals surface area contributed by atoms with Gasteiger partial charge in [-0.15, -0.1) is 0 Å². The Balaban J connectivity index is 4.37. The first-order chi connectivity index (χ1) is 36.0. The number of carbonyl (C=O) groups is 3. The van der Waals surface area contributed by atoms with Crippen LogP contribution in [0.4, 0.5) is 0 Å². The van der Waals surface area contributed by atoms with Crippen LogP contribution >= 0.6 is 0 Å². The molecule has 0 N–H and O–H groups in total. The molecule has 0 saturated heterocycles. The topological polar surface area (TPSA) is 78.9 Å². The van der Waals surface area contributed by atoms with E-state index in [9.17, 15) is 14.4 Å². The molecule has 1 atom stereocenters. The molecule has 6 heteroatoms. The van der Waals surface area contributed by atoms with E-state index < -0.39 is 12.1 Å². The fourth-order valence-corrected chi connectivity index (χ4v) is 9.04. The molecule has 0 aliphatic carbocycles. The second-order valence-corrected chi connectivity index (χ2v) is 21.0. The monoisotopic (exact) mass is 1020 g/mol. The third-order valence-corrected chi connectivity index (χ3v) is 13.7. The summed E-state index contributed by atoms with van der Waals surface area (Å²) >= 11 is 0. The smallest absolute Gasteiger partial charge is 0.309 e. The van der Waals surface area contributed by atoms with Gasteiger partial charge in [-0.2, -0.15) is 0 Å². The predicted molar refractivity (Wildman–Crippen MR) is 316 cm³/mol. The summed E-state index contributed by atoms with van der Waals surface area (Å²) in [4.78, 5) is 38.2. The van der Waals surface area contributed by atoms with Crippen molar-refractivity contribution in [3.8, 4) is 0 Å². The average Bonchev–Trinajstić information content (AvgIpc) is 3.39. The minimum atomic E-state index is -0.817.